The summed E-state index contributed by atoms with van der Waals surface area (Å²) in [6.07, 6.45) is 1.32. The molecule has 0 unspecified atom stereocenters. The van der Waals surface area contributed by atoms with Crippen molar-refractivity contribution in [3.63, 3.8) is 0 Å². The smallest absolute Gasteiger partial charge is 0.335 e. The zero-order valence-electron chi connectivity index (χ0n) is 18.3. The molecule has 0 saturated carbocycles. The number of benzene rings is 3. The number of rotatable bonds is 6. The summed E-state index contributed by atoms with van der Waals surface area (Å²) in [5.41, 5.74) is 0.775. The van der Waals surface area contributed by atoms with Gasteiger partial charge in [0.1, 0.15) is 17.1 Å². The molecule has 0 atom stereocenters. The highest BCUT2D eigenvalue weighted by Gasteiger charge is 2.37. The van der Waals surface area contributed by atoms with Gasteiger partial charge in [0.25, 0.3) is 17.7 Å². The summed E-state index contributed by atoms with van der Waals surface area (Å²) in [5, 5.41) is 5.08. The lowest BCUT2D eigenvalue weighted by Crippen LogP contribution is -2.54. The van der Waals surface area contributed by atoms with Crippen LogP contribution in [-0.4, -0.2) is 30.4 Å². The highest BCUT2D eigenvalue weighted by atomic mass is 35.5. The Labute approximate surface area is 214 Å². The van der Waals surface area contributed by atoms with E-state index in [0.717, 1.165) is 4.90 Å². The molecular formula is C25H16Cl2FN3O5. The third kappa shape index (κ3) is 5.70. The minimum atomic E-state index is -0.914. The van der Waals surface area contributed by atoms with Crippen molar-refractivity contribution >= 4 is 64.4 Å². The topological polar surface area (TPSA) is 105 Å². The van der Waals surface area contributed by atoms with Gasteiger partial charge < -0.3 is 10.1 Å². The highest BCUT2D eigenvalue weighted by molar-refractivity contribution is 6.43. The number of imide groups is 2. The Morgan fingerprint density at radius 3 is 2.33 bits per heavy atom. The van der Waals surface area contributed by atoms with Crippen molar-refractivity contribution in [3.05, 3.63) is 93.7 Å². The Morgan fingerprint density at radius 2 is 1.67 bits per heavy atom. The molecular weight excluding hydrogens is 512 g/mol. The number of nitrogens with zero attached hydrogens (tertiary/aromatic N) is 1. The number of carbonyl (C=O) groups is 4. The molecule has 0 spiro atoms. The summed E-state index contributed by atoms with van der Waals surface area (Å²) >= 11 is 11.9. The summed E-state index contributed by atoms with van der Waals surface area (Å²) in [6, 6.07) is 14.8. The predicted molar refractivity (Wildman–Crippen MR) is 132 cm³/mol. The van der Waals surface area contributed by atoms with E-state index in [1.807, 2.05) is 0 Å². The molecule has 4 rings (SSSR count). The van der Waals surface area contributed by atoms with E-state index in [-0.39, 0.29) is 27.9 Å². The number of anilines is 2. The fourth-order valence-electron chi connectivity index (χ4n) is 3.22. The Balaban J connectivity index is 1.44. The molecule has 11 heteroatoms. The molecule has 182 valence electrons. The monoisotopic (exact) mass is 527 g/mol. The molecule has 3 aromatic carbocycles. The van der Waals surface area contributed by atoms with E-state index in [1.54, 1.807) is 24.3 Å². The lowest BCUT2D eigenvalue weighted by molar-refractivity contribution is -0.122. The molecule has 1 heterocycles. The molecule has 5 amide bonds. The number of hydrogen-bond donors (Lipinski definition) is 2. The first kappa shape index (κ1) is 24.9. The maximum absolute atomic E-state index is 13.0. The van der Waals surface area contributed by atoms with E-state index in [2.05, 4.69) is 10.6 Å². The fourth-order valence-corrected chi connectivity index (χ4v) is 3.51. The Morgan fingerprint density at radius 1 is 0.972 bits per heavy atom. The normalized spacial score (nSPS) is 14.6. The van der Waals surface area contributed by atoms with Crippen LogP contribution in [0.4, 0.5) is 20.6 Å². The van der Waals surface area contributed by atoms with E-state index in [9.17, 15) is 23.6 Å². The minimum Gasteiger partial charge on any atom is -0.484 e. The Bertz CT molecular complexity index is 1390. The molecule has 1 saturated heterocycles. The molecule has 8 nitrogen and oxygen atoms in total. The zero-order valence-corrected chi connectivity index (χ0v) is 19.8. The summed E-state index contributed by atoms with van der Waals surface area (Å²) in [4.78, 5) is 50.4. The van der Waals surface area contributed by atoms with Crippen LogP contribution in [0.3, 0.4) is 0 Å². The SMILES string of the molecule is O=C(COc1ccc(/C=C2/C(=O)NC(=O)N(c3ccc(Cl)c(Cl)c3)C2=O)cc1)Nc1ccc(F)cc1. The number of halogens is 3. The second-order valence-electron chi connectivity index (χ2n) is 7.47. The first-order valence-corrected chi connectivity index (χ1v) is 11.1. The zero-order chi connectivity index (χ0) is 25.8. The molecule has 0 radical (unpaired) electrons. The summed E-state index contributed by atoms with van der Waals surface area (Å²) in [6.45, 7) is -0.292. The lowest BCUT2D eigenvalue weighted by Gasteiger charge is -2.26. The number of amides is 5. The van der Waals surface area contributed by atoms with E-state index >= 15 is 0 Å². The number of urea groups is 1. The van der Waals surface area contributed by atoms with Gasteiger partial charge in [-0.15, -0.1) is 0 Å². The van der Waals surface area contributed by atoms with Crippen LogP contribution in [0.5, 0.6) is 5.75 Å². The predicted octanol–water partition coefficient (Wildman–Crippen LogP) is 4.82. The lowest BCUT2D eigenvalue weighted by atomic mass is 10.1. The van der Waals surface area contributed by atoms with Crippen LogP contribution in [0.1, 0.15) is 5.56 Å². The number of hydrogen-bond acceptors (Lipinski definition) is 5. The van der Waals surface area contributed by atoms with Gasteiger partial charge in [-0.3, -0.25) is 19.7 Å². The Kier molecular flexibility index (Phi) is 7.33. The van der Waals surface area contributed by atoms with Crippen molar-refractivity contribution in [3.8, 4) is 5.75 Å². The van der Waals surface area contributed by atoms with E-state index in [1.165, 1.54) is 48.5 Å². The molecule has 0 aromatic heterocycles. The van der Waals surface area contributed by atoms with Crippen molar-refractivity contribution in [2.24, 2.45) is 0 Å². The average Bonchev–Trinajstić information content (AvgIpc) is 2.85. The van der Waals surface area contributed by atoms with Crippen LogP contribution in [0, 0.1) is 5.82 Å². The van der Waals surface area contributed by atoms with Crippen molar-refractivity contribution < 1.29 is 28.3 Å². The summed E-state index contributed by atoms with van der Waals surface area (Å²) < 4.78 is 18.4. The molecule has 1 fully saturated rings. The summed E-state index contributed by atoms with van der Waals surface area (Å²) in [5.74, 6) is -2.18. The standard InChI is InChI=1S/C25H16Cl2FN3O5/c26-20-10-7-17(12-21(20)27)31-24(34)19(23(33)30-25(31)35)11-14-1-8-18(9-2-14)36-13-22(32)29-16-5-3-15(28)4-6-16/h1-12H,13H2,(H,29,32)(H,30,33,35)/b19-11-. The van der Waals surface area contributed by atoms with Crippen molar-refractivity contribution in [2.75, 3.05) is 16.8 Å². The van der Waals surface area contributed by atoms with Crippen molar-refractivity contribution in [1.29, 1.82) is 0 Å². The highest BCUT2D eigenvalue weighted by Crippen LogP contribution is 2.29. The first-order valence-electron chi connectivity index (χ1n) is 10.4. The summed E-state index contributed by atoms with van der Waals surface area (Å²) in [7, 11) is 0. The van der Waals surface area contributed by atoms with Gasteiger partial charge in [-0.05, 0) is 66.2 Å². The van der Waals surface area contributed by atoms with E-state index in [4.69, 9.17) is 27.9 Å². The average molecular weight is 528 g/mol. The van der Waals surface area contributed by atoms with Gasteiger partial charge in [0, 0.05) is 5.69 Å². The van der Waals surface area contributed by atoms with E-state index < -0.39 is 29.6 Å². The van der Waals surface area contributed by atoms with Gasteiger partial charge in [-0.1, -0.05) is 35.3 Å². The third-order valence-electron chi connectivity index (χ3n) is 4.95. The number of ether oxygens (including phenoxy) is 1. The van der Waals surface area contributed by atoms with Gasteiger partial charge >= 0.3 is 6.03 Å². The third-order valence-corrected chi connectivity index (χ3v) is 5.69. The van der Waals surface area contributed by atoms with Gasteiger partial charge in [0.05, 0.1) is 15.7 Å². The molecule has 3 aromatic rings. The van der Waals surface area contributed by atoms with Crippen LogP contribution in [0.15, 0.2) is 72.3 Å². The van der Waals surface area contributed by atoms with Crippen LogP contribution < -0.4 is 20.3 Å². The maximum Gasteiger partial charge on any atom is 0.335 e. The molecule has 1 aliphatic rings. The van der Waals surface area contributed by atoms with Gasteiger partial charge in [-0.25, -0.2) is 14.1 Å². The van der Waals surface area contributed by atoms with Gasteiger partial charge in [-0.2, -0.15) is 0 Å². The Hall–Kier alpha value is -4.21. The largest absolute Gasteiger partial charge is 0.484 e. The second-order valence-corrected chi connectivity index (χ2v) is 8.28. The van der Waals surface area contributed by atoms with Crippen LogP contribution >= 0.6 is 23.2 Å². The van der Waals surface area contributed by atoms with Crippen molar-refractivity contribution in [1.82, 2.24) is 5.32 Å². The van der Waals surface area contributed by atoms with Gasteiger partial charge in [0.15, 0.2) is 6.61 Å². The number of carbonyl (C=O) groups excluding carboxylic acids is 4. The number of nitrogens with one attached hydrogen (secondary N) is 2. The second kappa shape index (κ2) is 10.6. The first-order chi connectivity index (χ1) is 17.2. The number of barbiturate groups is 1. The van der Waals surface area contributed by atoms with Crippen molar-refractivity contribution in [2.45, 2.75) is 0 Å². The minimum absolute atomic E-state index is 0.138. The van der Waals surface area contributed by atoms with Crippen LogP contribution in [0.2, 0.25) is 10.0 Å². The van der Waals surface area contributed by atoms with Gasteiger partial charge in [0.2, 0.25) is 0 Å². The molecule has 1 aliphatic heterocycles. The van der Waals surface area contributed by atoms with E-state index in [0.29, 0.717) is 17.0 Å². The molecule has 2 N–H and O–H groups in total. The van der Waals surface area contributed by atoms with Crippen LogP contribution in [-0.2, 0) is 14.4 Å². The molecule has 0 bridgehead atoms. The molecule has 36 heavy (non-hydrogen) atoms. The van der Waals surface area contributed by atoms with Crippen LogP contribution in [0.25, 0.3) is 6.08 Å². The fraction of sp³-hybridized carbons (Fsp3) is 0.0400. The maximum atomic E-state index is 13.0. The molecule has 0 aliphatic carbocycles. The quantitative estimate of drug-likeness (QED) is 0.353.